The average Bonchev–Trinajstić information content (AvgIpc) is 3.05. The van der Waals surface area contributed by atoms with Crippen molar-refractivity contribution in [3.63, 3.8) is 0 Å². The van der Waals surface area contributed by atoms with E-state index in [9.17, 15) is 10.3 Å². The Morgan fingerprint density at radius 3 is 2.40 bits per heavy atom. The molecule has 0 radical (unpaired) electrons. The minimum Gasteiger partial charge on any atom is -0.411 e. The van der Waals surface area contributed by atoms with Crippen LogP contribution in [0.25, 0.3) is 0 Å². The van der Waals surface area contributed by atoms with Gasteiger partial charge in [-0.25, -0.2) is 0 Å². The fourth-order valence-electron chi connectivity index (χ4n) is 8.41. The van der Waals surface area contributed by atoms with E-state index in [1.807, 2.05) is 0 Å². The van der Waals surface area contributed by atoms with Gasteiger partial charge in [0.1, 0.15) is 0 Å². The van der Waals surface area contributed by atoms with Crippen molar-refractivity contribution < 1.29 is 10.3 Å². The van der Waals surface area contributed by atoms with Gasteiger partial charge in [-0.3, -0.25) is 0 Å². The molecule has 0 saturated heterocycles. The van der Waals surface area contributed by atoms with Crippen LogP contribution < -0.4 is 0 Å². The van der Waals surface area contributed by atoms with E-state index in [0.29, 0.717) is 11.3 Å². The molecular formula is C27H49NO2. The number of hydrogen-bond acceptors (Lipinski definition) is 3. The molecule has 2 N–H and O–H groups in total. The van der Waals surface area contributed by atoms with Gasteiger partial charge in [0.05, 0.1) is 5.71 Å². The topological polar surface area (TPSA) is 52.8 Å². The van der Waals surface area contributed by atoms with Crippen molar-refractivity contribution in [1.29, 1.82) is 0 Å². The van der Waals surface area contributed by atoms with Crippen LogP contribution in [0.2, 0.25) is 0 Å². The van der Waals surface area contributed by atoms with E-state index >= 15 is 0 Å². The monoisotopic (exact) mass is 419 g/mol. The number of unbranched alkanes of at least 4 members (excludes halogenated alkanes) is 1. The number of nitrogens with zero attached hydrogens (tertiary/aromatic N) is 1. The fraction of sp³-hybridized carbons (Fsp3) is 0.963. The van der Waals surface area contributed by atoms with Gasteiger partial charge in [-0.05, 0) is 92.3 Å². The Morgan fingerprint density at radius 2 is 1.73 bits per heavy atom. The van der Waals surface area contributed by atoms with Gasteiger partial charge in [-0.1, -0.05) is 65.5 Å². The van der Waals surface area contributed by atoms with E-state index in [1.54, 1.807) is 0 Å². The molecule has 0 aliphatic heterocycles. The summed E-state index contributed by atoms with van der Waals surface area (Å²) in [7, 11) is 0. The highest BCUT2D eigenvalue weighted by molar-refractivity contribution is 5.90. The van der Waals surface area contributed by atoms with Crippen LogP contribution in [0, 0.1) is 46.3 Å². The minimum absolute atomic E-state index is 0.0230. The third kappa shape index (κ3) is 4.48. The van der Waals surface area contributed by atoms with Gasteiger partial charge in [0.2, 0.25) is 0 Å². The highest BCUT2D eigenvalue weighted by atomic mass is 16.4. The summed E-state index contributed by atoms with van der Waals surface area (Å²) in [5, 5.41) is 22.9. The number of fused-ring (bicyclic) bond motifs is 3. The maximum atomic E-state index is 9.79. The van der Waals surface area contributed by atoms with E-state index in [-0.39, 0.29) is 12.0 Å². The summed E-state index contributed by atoms with van der Waals surface area (Å²) in [5.41, 5.74) is 1.58. The molecule has 7 atom stereocenters. The minimum atomic E-state index is 0.0230. The Kier molecular flexibility index (Phi) is 7.96. The molecule has 0 heterocycles. The standard InChI is InChI=1S/C27H49NO2/c1-19(2)9-8-10-20(3)22-12-13-23-21-11-14-25(28-30)27(5,16-6-7-18-29)24(21)15-17-26(22,23)4/h19-24,29-30H,6-18H2,1-5H3/t20-,21+,22-,23+,24+,26-,27-/m1/s1. The molecule has 0 bridgehead atoms. The molecule has 0 amide bonds. The second-order valence-corrected chi connectivity index (χ2v) is 12.1. The molecule has 3 aliphatic rings. The number of aliphatic hydroxyl groups is 1. The molecule has 0 aromatic heterocycles. The van der Waals surface area contributed by atoms with Gasteiger partial charge in [-0.15, -0.1) is 0 Å². The third-order valence-electron chi connectivity index (χ3n) is 10.1. The predicted octanol–water partition coefficient (Wildman–Crippen LogP) is 7.30. The smallest absolute Gasteiger partial charge is 0.0632 e. The van der Waals surface area contributed by atoms with E-state index in [4.69, 9.17) is 0 Å². The van der Waals surface area contributed by atoms with Crippen molar-refractivity contribution in [3.05, 3.63) is 0 Å². The number of oxime groups is 1. The Balaban J connectivity index is 1.73. The fourth-order valence-corrected chi connectivity index (χ4v) is 8.41. The van der Waals surface area contributed by atoms with Crippen LogP contribution in [0.5, 0.6) is 0 Å². The molecule has 3 nitrogen and oxygen atoms in total. The van der Waals surface area contributed by atoms with Crippen molar-refractivity contribution in [2.75, 3.05) is 6.61 Å². The number of aliphatic hydroxyl groups excluding tert-OH is 1. The molecular weight excluding hydrogens is 370 g/mol. The lowest BCUT2D eigenvalue weighted by molar-refractivity contribution is -0.0454. The van der Waals surface area contributed by atoms with Gasteiger partial charge in [0.15, 0.2) is 0 Å². The first-order valence-electron chi connectivity index (χ1n) is 13.1. The number of hydrogen-bond donors (Lipinski definition) is 2. The van der Waals surface area contributed by atoms with E-state index < -0.39 is 0 Å². The van der Waals surface area contributed by atoms with E-state index in [1.165, 1.54) is 51.4 Å². The van der Waals surface area contributed by atoms with Crippen molar-refractivity contribution in [2.45, 2.75) is 112 Å². The van der Waals surface area contributed by atoms with Crippen molar-refractivity contribution in [3.8, 4) is 0 Å². The zero-order valence-corrected chi connectivity index (χ0v) is 20.5. The third-order valence-corrected chi connectivity index (χ3v) is 10.1. The first-order chi connectivity index (χ1) is 14.3. The van der Waals surface area contributed by atoms with Crippen molar-refractivity contribution in [1.82, 2.24) is 0 Å². The zero-order valence-electron chi connectivity index (χ0n) is 20.5. The van der Waals surface area contributed by atoms with Crippen LogP contribution in [0.1, 0.15) is 112 Å². The molecule has 0 unspecified atom stereocenters. The summed E-state index contributed by atoms with van der Waals surface area (Å²) in [6.45, 7) is 12.5. The number of rotatable bonds is 9. The molecule has 30 heavy (non-hydrogen) atoms. The van der Waals surface area contributed by atoms with Crippen LogP contribution in [0.15, 0.2) is 5.16 Å². The molecule has 3 aliphatic carbocycles. The van der Waals surface area contributed by atoms with E-state index in [2.05, 4.69) is 39.8 Å². The molecule has 3 saturated carbocycles. The molecule has 0 aromatic rings. The summed E-state index contributed by atoms with van der Waals surface area (Å²) in [4.78, 5) is 0. The Hall–Kier alpha value is -0.570. The van der Waals surface area contributed by atoms with Gasteiger partial charge >= 0.3 is 0 Å². The predicted molar refractivity (Wildman–Crippen MR) is 126 cm³/mol. The lowest BCUT2D eigenvalue weighted by atomic mass is 9.47. The SMILES string of the molecule is CC(C)CCC[C@@H](C)[C@H]1CC[C@H]2[C@@H]3CCC(=NO)[C@](C)(CCCCO)[C@H]3CC[C@]12C. The molecule has 3 fully saturated rings. The van der Waals surface area contributed by atoms with Gasteiger partial charge in [0, 0.05) is 12.0 Å². The normalized spacial score (nSPS) is 41.1. The summed E-state index contributed by atoms with van der Waals surface area (Å²) >= 11 is 0. The average molecular weight is 420 g/mol. The maximum absolute atomic E-state index is 9.79. The van der Waals surface area contributed by atoms with Crippen LogP contribution in [0.4, 0.5) is 0 Å². The van der Waals surface area contributed by atoms with E-state index in [0.717, 1.165) is 61.0 Å². The lowest BCUT2D eigenvalue weighted by Crippen LogP contribution is -2.52. The highest BCUT2D eigenvalue weighted by Gasteiger charge is 2.59. The molecule has 0 spiro atoms. The molecule has 3 heteroatoms. The van der Waals surface area contributed by atoms with Crippen LogP contribution in [-0.2, 0) is 0 Å². The Morgan fingerprint density at radius 1 is 0.967 bits per heavy atom. The summed E-state index contributed by atoms with van der Waals surface area (Å²) in [6.07, 6.45) is 14.8. The summed E-state index contributed by atoms with van der Waals surface area (Å²) < 4.78 is 0. The largest absolute Gasteiger partial charge is 0.411 e. The summed E-state index contributed by atoms with van der Waals surface area (Å²) in [6, 6.07) is 0. The van der Waals surface area contributed by atoms with Crippen molar-refractivity contribution in [2.24, 2.45) is 51.5 Å². The lowest BCUT2D eigenvalue weighted by Gasteiger charge is -2.57. The van der Waals surface area contributed by atoms with Crippen LogP contribution in [0.3, 0.4) is 0 Å². The molecule has 174 valence electrons. The second-order valence-electron chi connectivity index (χ2n) is 12.1. The summed E-state index contributed by atoms with van der Waals surface area (Å²) in [5.74, 6) is 4.87. The Labute approximate surface area is 186 Å². The van der Waals surface area contributed by atoms with Crippen molar-refractivity contribution >= 4 is 5.71 Å². The Bertz CT molecular complexity index is 587. The van der Waals surface area contributed by atoms with Gasteiger partial charge in [-0.2, -0.15) is 0 Å². The first-order valence-corrected chi connectivity index (χ1v) is 13.1. The van der Waals surface area contributed by atoms with Crippen LogP contribution >= 0.6 is 0 Å². The molecule has 3 rings (SSSR count). The maximum Gasteiger partial charge on any atom is 0.0632 e. The van der Waals surface area contributed by atoms with Crippen LogP contribution in [-0.4, -0.2) is 22.6 Å². The van der Waals surface area contributed by atoms with Gasteiger partial charge < -0.3 is 10.3 Å². The van der Waals surface area contributed by atoms with Gasteiger partial charge in [0.25, 0.3) is 0 Å². The molecule has 0 aromatic carbocycles. The quantitative estimate of drug-likeness (QED) is 0.234. The zero-order chi connectivity index (χ0) is 21.9. The second kappa shape index (κ2) is 9.92. The highest BCUT2D eigenvalue weighted by Crippen LogP contribution is 2.66. The first kappa shape index (κ1) is 24.1.